The first kappa shape index (κ1) is 19.1. The first-order chi connectivity index (χ1) is 13.0. The fourth-order valence-corrected chi connectivity index (χ4v) is 3.38. The van der Waals surface area contributed by atoms with E-state index in [1.54, 1.807) is 0 Å². The average Bonchev–Trinajstić information content (AvgIpc) is 2.67. The summed E-state index contributed by atoms with van der Waals surface area (Å²) in [6, 6.07) is 23.5. The molecule has 0 bridgehead atoms. The van der Waals surface area contributed by atoms with Gasteiger partial charge in [0.25, 0.3) is 0 Å². The van der Waals surface area contributed by atoms with Gasteiger partial charge in [-0.1, -0.05) is 72.8 Å². The molecule has 0 saturated heterocycles. The lowest BCUT2D eigenvalue weighted by Crippen LogP contribution is -2.12. The van der Waals surface area contributed by atoms with Gasteiger partial charge in [-0.25, -0.2) is 0 Å². The normalized spacial score (nSPS) is 13.1. The summed E-state index contributed by atoms with van der Waals surface area (Å²) in [5.41, 5.74) is 6.29. The van der Waals surface area contributed by atoms with Crippen molar-refractivity contribution in [2.45, 2.75) is 33.0 Å². The standard InChI is InChI=1S/C25H26O2/c1-17-10-4-7-13-20(17)16-23(24(26)21-14-8-5-11-18(21)2)25(27)22-15-9-6-12-19(22)3/h4-16,24-27H,1-3H3. The molecule has 0 aliphatic heterocycles. The van der Waals surface area contributed by atoms with Crippen molar-refractivity contribution in [3.63, 3.8) is 0 Å². The van der Waals surface area contributed by atoms with Crippen LogP contribution in [-0.4, -0.2) is 10.2 Å². The Hall–Kier alpha value is -2.68. The molecule has 2 heteroatoms. The maximum Gasteiger partial charge on any atom is 0.103 e. The third-order valence-electron chi connectivity index (χ3n) is 5.11. The minimum Gasteiger partial charge on any atom is -0.384 e. The van der Waals surface area contributed by atoms with E-state index in [2.05, 4.69) is 0 Å². The van der Waals surface area contributed by atoms with Crippen LogP contribution in [0.3, 0.4) is 0 Å². The third kappa shape index (κ3) is 4.19. The number of aliphatic hydroxyl groups excluding tert-OH is 2. The topological polar surface area (TPSA) is 40.5 Å². The highest BCUT2D eigenvalue weighted by molar-refractivity contribution is 5.60. The minimum absolute atomic E-state index is 0.577. The largest absolute Gasteiger partial charge is 0.384 e. The molecule has 3 aromatic carbocycles. The predicted molar refractivity (Wildman–Crippen MR) is 111 cm³/mol. The van der Waals surface area contributed by atoms with Gasteiger partial charge in [0.2, 0.25) is 0 Å². The van der Waals surface area contributed by atoms with Crippen LogP contribution in [0.25, 0.3) is 6.08 Å². The van der Waals surface area contributed by atoms with Gasteiger partial charge >= 0.3 is 0 Å². The summed E-state index contributed by atoms with van der Waals surface area (Å²) in [7, 11) is 0. The van der Waals surface area contributed by atoms with E-state index in [9.17, 15) is 10.2 Å². The monoisotopic (exact) mass is 358 g/mol. The third-order valence-corrected chi connectivity index (χ3v) is 5.11. The predicted octanol–water partition coefficient (Wildman–Crippen LogP) is 5.46. The van der Waals surface area contributed by atoms with Crippen LogP contribution < -0.4 is 0 Å². The number of aryl methyl sites for hydroxylation is 3. The molecule has 0 aliphatic carbocycles. The molecular weight excluding hydrogens is 332 g/mol. The molecular formula is C25H26O2. The van der Waals surface area contributed by atoms with Crippen molar-refractivity contribution in [3.8, 4) is 0 Å². The molecule has 0 amide bonds. The van der Waals surface area contributed by atoms with Crippen molar-refractivity contribution in [2.75, 3.05) is 0 Å². The van der Waals surface area contributed by atoms with E-state index in [4.69, 9.17) is 0 Å². The average molecular weight is 358 g/mol. The molecule has 0 heterocycles. The Bertz CT molecular complexity index is 902. The summed E-state index contributed by atoms with van der Waals surface area (Å²) < 4.78 is 0. The summed E-state index contributed by atoms with van der Waals surface area (Å²) in [6.07, 6.45) is 0.143. The fraction of sp³-hybridized carbons (Fsp3) is 0.200. The highest BCUT2D eigenvalue weighted by Crippen LogP contribution is 2.36. The van der Waals surface area contributed by atoms with Crippen LogP contribution in [0.5, 0.6) is 0 Å². The van der Waals surface area contributed by atoms with Crippen LogP contribution in [-0.2, 0) is 0 Å². The second-order valence-electron chi connectivity index (χ2n) is 7.02. The first-order valence-electron chi connectivity index (χ1n) is 9.23. The molecule has 138 valence electrons. The van der Waals surface area contributed by atoms with Crippen molar-refractivity contribution in [3.05, 3.63) is 112 Å². The van der Waals surface area contributed by atoms with Crippen molar-refractivity contribution in [1.29, 1.82) is 0 Å². The Labute approximate surface area is 161 Å². The molecule has 0 spiro atoms. The maximum atomic E-state index is 11.2. The highest BCUT2D eigenvalue weighted by Gasteiger charge is 2.24. The van der Waals surface area contributed by atoms with Crippen LogP contribution in [0, 0.1) is 20.8 Å². The lowest BCUT2D eigenvalue weighted by atomic mass is 9.88. The molecule has 0 fully saturated rings. The molecule has 0 aromatic heterocycles. The van der Waals surface area contributed by atoms with E-state index in [0.29, 0.717) is 5.57 Å². The number of hydrogen-bond donors (Lipinski definition) is 2. The van der Waals surface area contributed by atoms with E-state index in [0.717, 1.165) is 33.4 Å². The van der Waals surface area contributed by atoms with Crippen molar-refractivity contribution in [1.82, 2.24) is 0 Å². The van der Waals surface area contributed by atoms with Gasteiger partial charge in [0.15, 0.2) is 0 Å². The fourth-order valence-electron chi connectivity index (χ4n) is 3.38. The second-order valence-corrected chi connectivity index (χ2v) is 7.02. The molecule has 2 atom stereocenters. The van der Waals surface area contributed by atoms with E-state index in [1.165, 1.54) is 0 Å². The highest BCUT2D eigenvalue weighted by atomic mass is 16.3. The summed E-state index contributed by atoms with van der Waals surface area (Å²) >= 11 is 0. The molecule has 0 saturated carbocycles. The van der Waals surface area contributed by atoms with E-state index in [-0.39, 0.29) is 0 Å². The van der Waals surface area contributed by atoms with Gasteiger partial charge in [-0.3, -0.25) is 0 Å². The lowest BCUT2D eigenvalue weighted by molar-refractivity contribution is 0.146. The summed E-state index contributed by atoms with van der Waals surface area (Å²) in [6.45, 7) is 5.98. The smallest absolute Gasteiger partial charge is 0.103 e. The van der Waals surface area contributed by atoms with Crippen LogP contribution >= 0.6 is 0 Å². The van der Waals surface area contributed by atoms with Gasteiger partial charge < -0.3 is 10.2 Å². The lowest BCUT2D eigenvalue weighted by Gasteiger charge is -2.24. The molecule has 3 aromatic rings. The van der Waals surface area contributed by atoms with Crippen molar-refractivity contribution < 1.29 is 10.2 Å². The molecule has 27 heavy (non-hydrogen) atoms. The SMILES string of the molecule is Cc1ccccc1C=C(C(O)c1ccccc1C)C(O)c1ccccc1C. The zero-order valence-electron chi connectivity index (χ0n) is 16.1. The van der Waals surface area contributed by atoms with Crippen LogP contribution in [0.4, 0.5) is 0 Å². The Morgan fingerprint density at radius 2 is 1.04 bits per heavy atom. The molecule has 0 aliphatic rings. The molecule has 0 radical (unpaired) electrons. The minimum atomic E-state index is -0.889. The molecule has 3 rings (SSSR count). The zero-order valence-corrected chi connectivity index (χ0v) is 16.1. The second kappa shape index (κ2) is 8.34. The zero-order chi connectivity index (χ0) is 19.4. The molecule has 2 N–H and O–H groups in total. The van der Waals surface area contributed by atoms with Gasteiger partial charge in [-0.15, -0.1) is 0 Å². The Morgan fingerprint density at radius 1 is 0.630 bits per heavy atom. The maximum absolute atomic E-state index is 11.2. The van der Waals surface area contributed by atoms with E-state index < -0.39 is 12.2 Å². The van der Waals surface area contributed by atoms with Crippen LogP contribution in [0.1, 0.15) is 45.6 Å². The van der Waals surface area contributed by atoms with Gasteiger partial charge in [-0.05, 0) is 65.8 Å². The molecule has 2 unspecified atom stereocenters. The number of aliphatic hydroxyl groups is 2. The van der Waals surface area contributed by atoms with Crippen molar-refractivity contribution >= 4 is 6.08 Å². The van der Waals surface area contributed by atoms with Crippen molar-refractivity contribution in [2.24, 2.45) is 0 Å². The summed E-state index contributed by atoms with van der Waals surface area (Å²) in [5, 5.41) is 22.4. The Morgan fingerprint density at radius 3 is 1.48 bits per heavy atom. The quantitative estimate of drug-likeness (QED) is 0.635. The van der Waals surface area contributed by atoms with Crippen LogP contribution in [0.2, 0.25) is 0 Å². The van der Waals surface area contributed by atoms with Gasteiger partial charge in [0.05, 0.1) is 0 Å². The van der Waals surface area contributed by atoms with E-state index >= 15 is 0 Å². The number of benzene rings is 3. The van der Waals surface area contributed by atoms with Gasteiger partial charge in [0, 0.05) is 0 Å². The summed E-state index contributed by atoms with van der Waals surface area (Å²) in [4.78, 5) is 0. The van der Waals surface area contributed by atoms with Gasteiger partial charge in [-0.2, -0.15) is 0 Å². The van der Waals surface area contributed by atoms with E-state index in [1.807, 2.05) is 99.6 Å². The number of hydrogen-bond acceptors (Lipinski definition) is 2. The van der Waals surface area contributed by atoms with Crippen LogP contribution in [0.15, 0.2) is 78.4 Å². The molecule has 2 nitrogen and oxygen atoms in total. The number of rotatable bonds is 5. The Balaban J connectivity index is 2.13. The Kier molecular flexibility index (Phi) is 5.90. The summed E-state index contributed by atoms with van der Waals surface area (Å²) in [5.74, 6) is 0. The van der Waals surface area contributed by atoms with Gasteiger partial charge in [0.1, 0.15) is 12.2 Å². The first-order valence-corrected chi connectivity index (χ1v) is 9.23.